The highest BCUT2D eigenvalue weighted by atomic mass is 16.4. The Hall–Kier alpha value is -2.09. The molecule has 0 radical (unpaired) electrons. The average Bonchev–Trinajstić information content (AvgIpc) is 2.83. The second kappa shape index (κ2) is 6.19. The zero-order chi connectivity index (χ0) is 16.6. The molecule has 5 N–H and O–H groups in total. The number of fused-ring (bicyclic) bond motifs is 1. The molecule has 0 bridgehead atoms. The van der Waals surface area contributed by atoms with E-state index >= 15 is 0 Å². The highest BCUT2D eigenvalue weighted by Gasteiger charge is 2.38. The normalized spacial score (nSPS) is 27.4. The Balaban J connectivity index is 1.81. The fourth-order valence-corrected chi connectivity index (χ4v) is 3.33. The number of anilines is 1. The molecule has 0 saturated carbocycles. The molecule has 2 heterocycles. The number of carboxylic acids is 1. The first-order chi connectivity index (χ1) is 11.0. The predicted octanol–water partition coefficient (Wildman–Crippen LogP) is 0.574. The van der Waals surface area contributed by atoms with Gasteiger partial charge in [-0.3, -0.25) is 9.69 Å². The lowest BCUT2D eigenvalue weighted by Crippen LogP contribution is -2.46. The molecule has 0 aliphatic carbocycles. The van der Waals surface area contributed by atoms with E-state index in [0.29, 0.717) is 25.1 Å². The van der Waals surface area contributed by atoms with Gasteiger partial charge in [0, 0.05) is 23.5 Å². The van der Waals surface area contributed by atoms with E-state index in [0.717, 1.165) is 16.8 Å². The van der Waals surface area contributed by atoms with Crippen molar-refractivity contribution in [2.24, 2.45) is 0 Å². The maximum atomic E-state index is 10.8. The Morgan fingerprint density at radius 2 is 2.17 bits per heavy atom. The van der Waals surface area contributed by atoms with Crippen LogP contribution in [0.3, 0.4) is 0 Å². The van der Waals surface area contributed by atoms with Gasteiger partial charge in [0.05, 0.1) is 6.04 Å². The number of nitrogens with one attached hydrogen (secondary N) is 2. The summed E-state index contributed by atoms with van der Waals surface area (Å²) in [6.45, 7) is 4.28. The van der Waals surface area contributed by atoms with E-state index in [2.05, 4.69) is 17.2 Å². The first-order valence-corrected chi connectivity index (χ1v) is 7.62. The molecule has 2 aliphatic heterocycles. The van der Waals surface area contributed by atoms with Crippen molar-refractivity contribution in [1.29, 1.82) is 0 Å². The average molecular weight is 319 g/mol. The van der Waals surface area contributed by atoms with Crippen molar-refractivity contribution in [2.75, 3.05) is 11.9 Å². The van der Waals surface area contributed by atoms with E-state index in [1.807, 2.05) is 17.0 Å². The third-order valence-electron chi connectivity index (χ3n) is 4.44. The maximum Gasteiger partial charge on any atom is 0.322 e. The van der Waals surface area contributed by atoms with E-state index in [-0.39, 0.29) is 12.6 Å². The molecular formula is C16H21N3O4. The van der Waals surface area contributed by atoms with Crippen LogP contribution in [-0.4, -0.2) is 45.0 Å². The molecule has 1 fully saturated rings. The molecule has 1 saturated heterocycles. The fourth-order valence-electron chi connectivity index (χ4n) is 3.33. The smallest absolute Gasteiger partial charge is 0.322 e. The molecule has 0 amide bonds. The summed E-state index contributed by atoms with van der Waals surface area (Å²) in [6, 6.07) is 5.39. The second-order valence-corrected chi connectivity index (χ2v) is 5.95. The van der Waals surface area contributed by atoms with Crippen LogP contribution in [0, 0.1) is 0 Å². The van der Waals surface area contributed by atoms with Crippen LogP contribution < -0.4 is 10.6 Å². The molecule has 0 aromatic heterocycles. The van der Waals surface area contributed by atoms with E-state index in [1.165, 1.54) is 0 Å². The minimum Gasteiger partial charge on any atom is -0.480 e. The van der Waals surface area contributed by atoms with Crippen molar-refractivity contribution in [2.45, 2.75) is 37.9 Å². The Kier molecular flexibility index (Phi) is 4.25. The molecular weight excluding hydrogens is 298 g/mol. The quantitative estimate of drug-likeness (QED) is 0.553. The van der Waals surface area contributed by atoms with Gasteiger partial charge in [0.25, 0.3) is 0 Å². The van der Waals surface area contributed by atoms with E-state index in [9.17, 15) is 15.0 Å². The Morgan fingerprint density at radius 1 is 1.39 bits per heavy atom. The summed E-state index contributed by atoms with van der Waals surface area (Å²) in [5.74, 6) is -0.933. The highest BCUT2D eigenvalue weighted by Crippen LogP contribution is 2.39. The number of rotatable bonds is 4. The number of piperidine rings is 1. The standard InChI is InChI=1S/C16H21N3O4/c1-9-13(5-6-14(20)18-9)19-8-11-10(16(19)23)3-2-4-12(11)17-7-15(21)22/h2-4,13-14,16-18,20,23H,1,5-8H2,(H,21,22). The van der Waals surface area contributed by atoms with Gasteiger partial charge in [-0.2, -0.15) is 0 Å². The number of aliphatic hydroxyl groups is 2. The SMILES string of the molecule is C=C1NC(O)CCC1N1Cc2c(NCC(=O)O)cccc2C1O. The largest absolute Gasteiger partial charge is 0.480 e. The van der Waals surface area contributed by atoms with Crippen molar-refractivity contribution in [3.8, 4) is 0 Å². The van der Waals surface area contributed by atoms with Crippen molar-refractivity contribution in [3.05, 3.63) is 41.6 Å². The van der Waals surface area contributed by atoms with Gasteiger partial charge in [0.1, 0.15) is 19.0 Å². The number of nitrogens with zero attached hydrogens (tertiary/aromatic N) is 1. The van der Waals surface area contributed by atoms with Crippen molar-refractivity contribution >= 4 is 11.7 Å². The summed E-state index contributed by atoms with van der Waals surface area (Å²) in [4.78, 5) is 12.7. The number of carbonyl (C=O) groups is 1. The third kappa shape index (κ3) is 3.03. The van der Waals surface area contributed by atoms with Crippen LogP contribution in [0.25, 0.3) is 0 Å². The molecule has 0 spiro atoms. The van der Waals surface area contributed by atoms with Crippen molar-refractivity contribution in [3.63, 3.8) is 0 Å². The van der Waals surface area contributed by atoms with E-state index < -0.39 is 18.4 Å². The summed E-state index contributed by atoms with van der Waals surface area (Å²) in [5.41, 5.74) is 3.09. The van der Waals surface area contributed by atoms with Gasteiger partial charge in [-0.15, -0.1) is 0 Å². The van der Waals surface area contributed by atoms with Crippen LogP contribution in [0.5, 0.6) is 0 Å². The third-order valence-corrected chi connectivity index (χ3v) is 4.44. The van der Waals surface area contributed by atoms with Crippen molar-refractivity contribution < 1.29 is 20.1 Å². The molecule has 7 nitrogen and oxygen atoms in total. The van der Waals surface area contributed by atoms with E-state index in [1.54, 1.807) is 6.07 Å². The molecule has 3 atom stereocenters. The lowest BCUT2D eigenvalue weighted by atomic mass is 10.0. The van der Waals surface area contributed by atoms with Gasteiger partial charge >= 0.3 is 5.97 Å². The second-order valence-electron chi connectivity index (χ2n) is 5.95. The minimum atomic E-state index is -0.933. The number of aliphatic carboxylic acids is 1. The maximum absolute atomic E-state index is 10.8. The zero-order valence-electron chi connectivity index (χ0n) is 12.7. The number of carboxylic acid groups (broad SMARTS) is 1. The highest BCUT2D eigenvalue weighted by molar-refractivity contribution is 5.73. The van der Waals surface area contributed by atoms with Crippen molar-refractivity contribution in [1.82, 2.24) is 10.2 Å². The molecule has 3 unspecified atom stereocenters. The van der Waals surface area contributed by atoms with Crippen LogP contribution in [-0.2, 0) is 11.3 Å². The molecule has 3 rings (SSSR count). The molecule has 7 heteroatoms. The predicted molar refractivity (Wildman–Crippen MR) is 84.4 cm³/mol. The number of hydrogen-bond donors (Lipinski definition) is 5. The van der Waals surface area contributed by atoms with Gasteiger partial charge in [0.2, 0.25) is 0 Å². The summed E-state index contributed by atoms with van der Waals surface area (Å²) in [5, 5.41) is 34.9. The van der Waals surface area contributed by atoms with Crippen LogP contribution in [0.15, 0.2) is 30.5 Å². The fraction of sp³-hybridized carbons (Fsp3) is 0.438. The topological polar surface area (TPSA) is 105 Å². The monoisotopic (exact) mass is 319 g/mol. The summed E-state index contributed by atoms with van der Waals surface area (Å²) >= 11 is 0. The molecule has 2 aliphatic rings. The summed E-state index contributed by atoms with van der Waals surface area (Å²) in [7, 11) is 0. The van der Waals surface area contributed by atoms with Gasteiger partial charge < -0.3 is 26.0 Å². The lowest BCUT2D eigenvalue weighted by molar-refractivity contribution is -0.134. The van der Waals surface area contributed by atoms with Crippen LogP contribution >= 0.6 is 0 Å². The summed E-state index contributed by atoms with van der Waals surface area (Å²) in [6.07, 6.45) is -0.0624. The lowest BCUT2D eigenvalue weighted by Gasteiger charge is -2.37. The molecule has 1 aromatic rings. The van der Waals surface area contributed by atoms with Gasteiger partial charge in [-0.05, 0) is 24.5 Å². The summed E-state index contributed by atoms with van der Waals surface area (Å²) < 4.78 is 0. The van der Waals surface area contributed by atoms with Gasteiger partial charge in [0.15, 0.2) is 0 Å². The number of hydrogen-bond acceptors (Lipinski definition) is 6. The number of aliphatic hydroxyl groups excluding tert-OH is 2. The van der Waals surface area contributed by atoms with E-state index in [4.69, 9.17) is 5.11 Å². The number of benzene rings is 1. The Morgan fingerprint density at radius 3 is 2.87 bits per heavy atom. The first-order valence-electron chi connectivity index (χ1n) is 7.62. The zero-order valence-corrected chi connectivity index (χ0v) is 12.7. The first kappa shape index (κ1) is 15.8. The van der Waals surface area contributed by atoms with Gasteiger partial charge in [-0.1, -0.05) is 18.7 Å². The minimum absolute atomic E-state index is 0.0758. The van der Waals surface area contributed by atoms with Gasteiger partial charge in [-0.25, -0.2) is 0 Å². The van der Waals surface area contributed by atoms with Crippen LogP contribution in [0.4, 0.5) is 5.69 Å². The molecule has 1 aromatic carbocycles. The van der Waals surface area contributed by atoms with Crippen LogP contribution in [0.1, 0.15) is 30.2 Å². The molecule has 23 heavy (non-hydrogen) atoms. The Bertz CT molecular complexity index is 634. The van der Waals surface area contributed by atoms with Crippen LogP contribution in [0.2, 0.25) is 0 Å². The Labute approximate surface area is 134 Å². The molecule has 124 valence electrons.